The minimum Gasteiger partial charge on any atom is -0.481 e. The van der Waals surface area contributed by atoms with Crippen LogP contribution in [0.15, 0.2) is 48.5 Å². The highest BCUT2D eigenvalue weighted by Crippen LogP contribution is 2.25. The van der Waals surface area contributed by atoms with Crippen LogP contribution in [0.3, 0.4) is 0 Å². The third-order valence-electron chi connectivity index (χ3n) is 2.76. The van der Waals surface area contributed by atoms with Crippen molar-refractivity contribution in [2.24, 2.45) is 0 Å². The molecule has 2 aromatic carbocycles. The maximum absolute atomic E-state index is 10.6. The Balaban J connectivity index is 2.29. The van der Waals surface area contributed by atoms with Crippen LogP contribution < -0.4 is 0 Å². The Morgan fingerprint density at radius 3 is 2.44 bits per heavy atom. The molecule has 92 valence electrons. The van der Waals surface area contributed by atoms with Gasteiger partial charge in [-0.25, -0.2) is 0 Å². The molecule has 0 radical (unpaired) electrons. The number of carbonyl (C=O) groups is 1. The molecule has 2 rings (SSSR count). The highest BCUT2D eigenvalue weighted by molar-refractivity contribution is 6.31. The van der Waals surface area contributed by atoms with Crippen LogP contribution in [0.5, 0.6) is 0 Å². The molecule has 18 heavy (non-hydrogen) atoms. The molecule has 0 heterocycles. The lowest BCUT2D eigenvalue weighted by Crippen LogP contribution is -1.98. The van der Waals surface area contributed by atoms with Crippen molar-refractivity contribution >= 4 is 17.6 Å². The van der Waals surface area contributed by atoms with Crippen molar-refractivity contribution in [2.75, 3.05) is 0 Å². The van der Waals surface area contributed by atoms with Gasteiger partial charge in [-0.15, -0.1) is 0 Å². The van der Waals surface area contributed by atoms with Crippen LogP contribution >= 0.6 is 11.6 Å². The summed E-state index contributed by atoms with van der Waals surface area (Å²) in [5.74, 6) is -0.809. The second-order valence-electron chi connectivity index (χ2n) is 4.07. The first-order valence-corrected chi connectivity index (χ1v) is 6.10. The summed E-state index contributed by atoms with van der Waals surface area (Å²) in [6.07, 6.45) is 0.548. The van der Waals surface area contributed by atoms with Crippen molar-refractivity contribution in [2.45, 2.75) is 12.8 Å². The number of rotatable bonds is 4. The third kappa shape index (κ3) is 3.11. The van der Waals surface area contributed by atoms with Crippen LogP contribution in [-0.2, 0) is 11.2 Å². The summed E-state index contributed by atoms with van der Waals surface area (Å²) < 4.78 is 0. The van der Waals surface area contributed by atoms with Gasteiger partial charge < -0.3 is 5.11 Å². The van der Waals surface area contributed by atoms with Gasteiger partial charge in [0.1, 0.15) is 0 Å². The molecule has 2 nitrogen and oxygen atoms in total. The lowest BCUT2D eigenvalue weighted by molar-refractivity contribution is -0.136. The second kappa shape index (κ2) is 5.69. The van der Waals surface area contributed by atoms with Gasteiger partial charge in [-0.3, -0.25) is 4.79 Å². The predicted octanol–water partition coefficient (Wildman–Crippen LogP) is 4.02. The van der Waals surface area contributed by atoms with Crippen LogP contribution in [0.2, 0.25) is 5.02 Å². The van der Waals surface area contributed by atoms with Gasteiger partial charge in [0.25, 0.3) is 0 Å². The van der Waals surface area contributed by atoms with Crippen molar-refractivity contribution in [3.63, 3.8) is 0 Å². The predicted molar refractivity (Wildman–Crippen MR) is 72.8 cm³/mol. The number of aliphatic carboxylic acids is 1. The molecule has 1 N–H and O–H groups in total. The van der Waals surface area contributed by atoms with Crippen molar-refractivity contribution in [3.05, 3.63) is 59.1 Å². The van der Waals surface area contributed by atoms with Crippen molar-refractivity contribution in [1.29, 1.82) is 0 Å². The normalized spacial score (nSPS) is 10.3. The number of halogens is 1. The molecule has 0 atom stereocenters. The van der Waals surface area contributed by atoms with E-state index in [-0.39, 0.29) is 6.42 Å². The van der Waals surface area contributed by atoms with E-state index in [1.165, 1.54) is 0 Å². The SMILES string of the molecule is O=C(O)CCc1cc(-c2ccccc2)ccc1Cl. The van der Waals surface area contributed by atoms with E-state index >= 15 is 0 Å². The molecule has 3 heteroatoms. The lowest BCUT2D eigenvalue weighted by Gasteiger charge is -2.07. The Labute approximate surface area is 111 Å². The lowest BCUT2D eigenvalue weighted by atomic mass is 10.0. The molecule has 0 bridgehead atoms. The van der Waals surface area contributed by atoms with Gasteiger partial charge in [0, 0.05) is 11.4 Å². The van der Waals surface area contributed by atoms with E-state index in [2.05, 4.69) is 0 Å². The molecule has 0 aliphatic carbocycles. The summed E-state index contributed by atoms with van der Waals surface area (Å²) in [4.78, 5) is 10.6. The molecule has 0 aliphatic rings. The minimum atomic E-state index is -0.809. The standard InChI is InChI=1S/C15H13ClO2/c16-14-8-6-12(11-4-2-1-3-5-11)10-13(14)7-9-15(17)18/h1-6,8,10H,7,9H2,(H,17,18). The average molecular weight is 261 g/mol. The van der Waals surface area contributed by atoms with E-state index in [0.717, 1.165) is 16.7 Å². The molecule has 0 saturated carbocycles. The van der Waals surface area contributed by atoms with Gasteiger partial charge in [0.2, 0.25) is 0 Å². The van der Waals surface area contributed by atoms with Gasteiger partial charge in [-0.1, -0.05) is 48.0 Å². The van der Waals surface area contributed by atoms with Crippen LogP contribution in [0.1, 0.15) is 12.0 Å². The molecule has 0 unspecified atom stereocenters. The summed E-state index contributed by atoms with van der Waals surface area (Å²) in [5, 5.41) is 9.33. The Bertz CT molecular complexity index is 550. The van der Waals surface area contributed by atoms with Gasteiger partial charge >= 0.3 is 5.97 Å². The van der Waals surface area contributed by atoms with Gasteiger partial charge in [-0.05, 0) is 35.2 Å². The zero-order valence-corrected chi connectivity index (χ0v) is 10.5. The number of hydrogen-bond acceptors (Lipinski definition) is 1. The quantitative estimate of drug-likeness (QED) is 0.901. The van der Waals surface area contributed by atoms with Crippen LogP contribution in [0, 0.1) is 0 Å². The monoisotopic (exact) mass is 260 g/mol. The number of carboxylic acids is 1. The molecular weight excluding hydrogens is 248 g/mol. The molecule has 0 fully saturated rings. The number of benzene rings is 2. The second-order valence-corrected chi connectivity index (χ2v) is 4.47. The molecule has 0 spiro atoms. The van der Waals surface area contributed by atoms with Crippen LogP contribution in [0.4, 0.5) is 0 Å². The maximum Gasteiger partial charge on any atom is 0.303 e. The first-order valence-electron chi connectivity index (χ1n) is 5.72. The van der Waals surface area contributed by atoms with E-state index in [1.807, 2.05) is 48.5 Å². The first kappa shape index (κ1) is 12.7. The zero-order valence-electron chi connectivity index (χ0n) is 9.77. The fraction of sp³-hybridized carbons (Fsp3) is 0.133. The van der Waals surface area contributed by atoms with E-state index < -0.39 is 5.97 Å². The molecule has 0 saturated heterocycles. The van der Waals surface area contributed by atoms with Crippen LogP contribution in [-0.4, -0.2) is 11.1 Å². The Kier molecular flexibility index (Phi) is 4.00. The van der Waals surface area contributed by atoms with E-state index in [4.69, 9.17) is 16.7 Å². The summed E-state index contributed by atoms with van der Waals surface area (Å²) in [5.41, 5.74) is 3.03. The minimum absolute atomic E-state index is 0.0952. The maximum atomic E-state index is 10.6. The summed E-state index contributed by atoms with van der Waals surface area (Å²) in [6, 6.07) is 15.7. The van der Waals surface area contributed by atoms with Crippen molar-refractivity contribution in [1.82, 2.24) is 0 Å². The van der Waals surface area contributed by atoms with E-state index in [1.54, 1.807) is 0 Å². The highest BCUT2D eigenvalue weighted by Gasteiger charge is 2.06. The fourth-order valence-corrected chi connectivity index (χ4v) is 2.03. The van der Waals surface area contributed by atoms with Crippen molar-refractivity contribution < 1.29 is 9.90 Å². The largest absolute Gasteiger partial charge is 0.481 e. The van der Waals surface area contributed by atoms with Crippen molar-refractivity contribution in [3.8, 4) is 11.1 Å². The number of hydrogen-bond donors (Lipinski definition) is 1. The topological polar surface area (TPSA) is 37.3 Å². The zero-order chi connectivity index (χ0) is 13.0. The molecule has 0 aromatic heterocycles. The Hall–Kier alpha value is -1.80. The van der Waals surface area contributed by atoms with Gasteiger partial charge in [0.15, 0.2) is 0 Å². The Morgan fingerprint density at radius 2 is 1.78 bits per heavy atom. The Morgan fingerprint density at radius 1 is 1.06 bits per heavy atom. The van der Waals surface area contributed by atoms with E-state index in [9.17, 15) is 4.79 Å². The highest BCUT2D eigenvalue weighted by atomic mass is 35.5. The summed E-state index contributed by atoms with van der Waals surface area (Å²) in [7, 11) is 0. The smallest absolute Gasteiger partial charge is 0.303 e. The van der Waals surface area contributed by atoms with E-state index in [0.29, 0.717) is 11.4 Å². The third-order valence-corrected chi connectivity index (χ3v) is 3.13. The number of carboxylic acid groups (broad SMARTS) is 1. The molecule has 0 aliphatic heterocycles. The van der Waals surface area contributed by atoms with Gasteiger partial charge in [-0.2, -0.15) is 0 Å². The summed E-state index contributed by atoms with van der Waals surface area (Å²) >= 11 is 6.07. The first-order chi connectivity index (χ1) is 8.66. The van der Waals surface area contributed by atoms with Gasteiger partial charge in [0.05, 0.1) is 0 Å². The fourth-order valence-electron chi connectivity index (χ4n) is 1.82. The molecule has 2 aromatic rings. The molecular formula is C15H13ClO2. The van der Waals surface area contributed by atoms with Crippen LogP contribution in [0.25, 0.3) is 11.1 Å². The summed E-state index contributed by atoms with van der Waals surface area (Å²) in [6.45, 7) is 0. The average Bonchev–Trinajstić information content (AvgIpc) is 2.38. The number of aryl methyl sites for hydroxylation is 1. The molecule has 0 amide bonds.